The molecule has 0 aliphatic carbocycles. The van der Waals surface area contributed by atoms with Crippen LogP contribution in [-0.4, -0.2) is 27.5 Å². The molecule has 20 heavy (non-hydrogen) atoms. The van der Waals surface area contributed by atoms with Gasteiger partial charge < -0.3 is 9.42 Å². The summed E-state index contributed by atoms with van der Waals surface area (Å²) in [7, 11) is 0. The summed E-state index contributed by atoms with van der Waals surface area (Å²) in [5.74, 6) is 0.608. The monoisotopic (exact) mass is 291 g/mol. The number of hydrogen-bond acceptors (Lipinski definition) is 5. The number of aromatic nitrogens is 2. The molecule has 1 atom stereocenters. The van der Waals surface area contributed by atoms with E-state index in [2.05, 4.69) is 10.1 Å². The lowest BCUT2D eigenvalue weighted by atomic mass is 10.0. The van der Waals surface area contributed by atoms with E-state index in [0.29, 0.717) is 17.0 Å². The molecular weight excluding hydrogens is 274 g/mol. The first kappa shape index (κ1) is 13.3. The van der Waals surface area contributed by atoms with Crippen molar-refractivity contribution in [2.75, 3.05) is 6.54 Å². The van der Waals surface area contributed by atoms with Crippen LogP contribution < -0.4 is 0 Å². The highest BCUT2D eigenvalue weighted by Crippen LogP contribution is 2.33. The number of amides is 1. The molecule has 3 rings (SSSR count). The maximum atomic E-state index is 12.8. The van der Waals surface area contributed by atoms with Gasteiger partial charge in [-0.2, -0.15) is 0 Å². The lowest BCUT2D eigenvalue weighted by molar-refractivity contribution is 0.0609. The van der Waals surface area contributed by atoms with Crippen LogP contribution in [0.1, 0.15) is 52.1 Å². The van der Waals surface area contributed by atoms with Crippen LogP contribution in [0.4, 0.5) is 0 Å². The number of carbonyl (C=O) groups excluding carboxylic acids is 1. The first-order chi connectivity index (χ1) is 9.68. The van der Waals surface area contributed by atoms with Crippen molar-refractivity contribution >= 4 is 17.2 Å². The Kier molecular flexibility index (Phi) is 3.56. The van der Waals surface area contributed by atoms with Gasteiger partial charge in [0.2, 0.25) is 0 Å². The van der Waals surface area contributed by atoms with Crippen LogP contribution in [0.3, 0.4) is 0 Å². The van der Waals surface area contributed by atoms with E-state index in [1.165, 1.54) is 0 Å². The zero-order valence-electron chi connectivity index (χ0n) is 11.6. The summed E-state index contributed by atoms with van der Waals surface area (Å²) in [5.41, 5.74) is 1.27. The van der Waals surface area contributed by atoms with E-state index in [1.807, 2.05) is 17.2 Å². The van der Waals surface area contributed by atoms with Gasteiger partial charge in [-0.3, -0.25) is 4.79 Å². The van der Waals surface area contributed by atoms with Crippen LogP contribution in [0.25, 0.3) is 0 Å². The zero-order valence-corrected chi connectivity index (χ0v) is 12.4. The predicted octanol–water partition coefficient (Wildman–Crippen LogP) is 3.12. The average molecular weight is 291 g/mol. The van der Waals surface area contributed by atoms with Crippen molar-refractivity contribution < 1.29 is 9.32 Å². The molecule has 0 aromatic carbocycles. The molecule has 0 spiro atoms. The highest BCUT2D eigenvalue weighted by molar-refractivity contribution is 7.09. The number of likely N-dealkylation sites (tertiary alicyclic amines) is 1. The molecule has 0 bridgehead atoms. The summed E-state index contributed by atoms with van der Waals surface area (Å²) in [6.45, 7) is 4.37. The second-order valence-corrected chi connectivity index (χ2v) is 6.01. The van der Waals surface area contributed by atoms with Gasteiger partial charge >= 0.3 is 0 Å². The first-order valence-corrected chi connectivity index (χ1v) is 7.69. The maximum absolute atomic E-state index is 12.8. The van der Waals surface area contributed by atoms with Gasteiger partial charge in [-0.25, -0.2) is 4.98 Å². The van der Waals surface area contributed by atoms with Gasteiger partial charge in [-0.05, 0) is 33.1 Å². The highest BCUT2D eigenvalue weighted by atomic mass is 32.1. The molecule has 0 radical (unpaired) electrons. The smallest absolute Gasteiger partial charge is 0.259 e. The molecule has 0 unspecified atom stereocenters. The van der Waals surface area contributed by atoms with Crippen LogP contribution in [0, 0.1) is 13.8 Å². The number of thiazole rings is 1. The fourth-order valence-corrected chi connectivity index (χ4v) is 3.55. The number of aryl methyl sites for hydroxylation is 2. The molecule has 0 N–H and O–H groups in total. The van der Waals surface area contributed by atoms with Crippen LogP contribution in [0.15, 0.2) is 16.1 Å². The maximum Gasteiger partial charge on any atom is 0.259 e. The average Bonchev–Trinajstić information content (AvgIpc) is 3.09. The molecule has 106 valence electrons. The lowest BCUT2D eigenvalue weighted by Gasteiger charge is -2.34. The number of rotatable bonds is 2. The zero-order chi connectivity index (χ0) is 14.1. The van der Waals surface area contributed by atoms with Crippen LogP contribution in [0.5, 0.6) is 0 Å². The van der Waals surface area contributed by atoms with Gasteiger partial charge in [0, 0.05) is 18.1 Å². The van der Waals surface area contributed by atoms with Crippen molar-refractivity contribution in [2.24, 2.45) is 0 Å². The Hall–Kier alpha value is -1.69. The molecule has 1 amide bonds. The minimum atomic E-state index is 0.0150. The Morgan fingerprint density at radius 2 is 2.30 bits per heavy atom. The second-order valence-electron chi connectivity index (χ2n) is 5.08. The highest BCUT2D eigenvalue weighted by Gasteiger charge is 2.32. The van der Waals surface area contributed by atoms with Crippen molar-refractivity contribution in [3.63, 3.8) is 0 Å². The molecule has 0 saturated carbocycles. The van der Waals surface area contributed by atoms with Gasteiger partial charge in [-0.1, -0.05) is 5.16 Å². The van der Waals surface area contributed by atoms with E-state index >= 15 is 0 Å². The van der Waals surface area contributed by atoms with E-state index in [0.717, 1.165) is 30.8 Å². The van der Waals surface area contributed by atoms with Crippen molar-refractivity contribution in [2.45, 2.75) is 39.2 Å². The van der Waals surface area contributed by atoms with Crippen molar-refractivity contribution in [3.8, 4) is 0 Å². The number of carbonyl (C=O) groups is 1. The van der Waals surface area contributed by atoms with Gasteiger partial charge in [-0.15, -0.1) is 11.3 Å². The Bertz CT molecular complexity index is 586. The van der Waals surface area contributed by atoms with Gasteiger partial charge in [0.05, 0.1) is 11.7 Å². The number of hydrogen-bond donors (Lipinski definition) is 0. The van der Waals surface area contributed by atoms with Crippen molar-refractivity contribution in [3.05, 3.63) is 33.6 Å². The largest absolute Gasteiger partial charge is 0.361 e. The van der Waals surface area contributed by atoms with Gasteiger partial charge in [0.1, 0.15) is 16.3 Å². The SMILES string of the molecule is Cc1noc(C)c1C(=O)N1CCCC[C@@H]1c1nccs1. The van der Waals surface area contributed by atoms with E-state index in [4.69, 9.17) is 4.52 Å². The third kappa shape index (κ3) is 2.24. The molecule has 1 aliphatic rings. The molecule has 1 fully saturated rings. The molecule has 2 aromatic rings. The summed E-state index contributed by atoms with van der Waals surface area (Å²) in [6, 6.07) is 0.0879. The summed E-state index contributed by atoms with van der Waals surface area (Å²) in [4.78, 5) is 19.1. The summed E-state index contributed by atoms with van der Waals surface area (Å²) in [5, 5.41) is 6.86. The van der Waals surface area contributed by atoms with Crippen molar-refractivity contribution in [1.29, 1.82) is 0 Å². The fourth-order valence-electron chi connectivity index (χ4n) is 2.76. The predicted molar refractivity (Wildman–Crippen MR) is 75.7 cm³/mol. The fraction of sp³-hybridized carbons (Fsp3) is 0.500. The van der Waals surface area contributed by atoms with Crippen LogP contribution in [-0.2, 0) is 0 Å². The Balaban J connectivity index is 1.92. The number of piperidine rings is 1. The summed E-state index contributed by atoms with van der Waals surface area (Å²) >= 11 is 1.61. The molecule has 1 saturated heterocycles. The van der Waals surface area contributed by atoms with E-state index in [1.54, 1.807) is 24.5 Å². The normalized spacial score (nSPS) is 19.3. The molecule has 2 aromatic heterocycles. The Morgan fingerprint density at radius 3 is 2.95 bits per heavy atom. The second kappa shape index (κ2) is 5.36. The summed E-state index contributed by atoms with van der Waals surface area (Å²) in [6.07, 6.45) is 4.95. The van der Waals surface area contributed by atoms with E-state index in [-0.39, 0.29) is 11.9 Å². The third-order valence-corrected chi connectivity index (χ3v) is 4.62. The van der Waals surface area contributed by atoms with E-state index < -0.39 is 0 Å². The molecule has 5 nitrogen and oxygen atoms in total. The minimum Gasteiger partial charge on any atom is -0.361 e. The Labute approximate surface area is 121 Å². The quantitative estimate of drug-likeness (QED) is 0.853. The summed E-state index contributed by atoms with van der Waals surface area (Å²) < 4.78 is 5.12. The molecule has 6 heteroatoms. The Morgan fingerprint density at radius 1 is 1.45 bits per heavy atom. The first-order valence-electron chi connectivity index (χ1n) is 6.81. The van der Waals surface area contributed by atoms with Crippen LogP contribution >= 0.6 is 11.3 Å². The van der Waals surface area contributed by atoms with Gasteiger partial charge in [0.15, 0.2) is 0 Å². The topological polar surface area (TPSA) is 59.2 Å². The number of nitrogens with zero attached hydrogens (tertiary/aromatic N) is 3. The molecule has 1 aliphatic heterocycles. The minimum absolute atomic E-state index is 0.0150. The molecular formula is C14H17N3O2S. The van der Waals surface area contributed by atoms with E-state index in [9.17, 15) is 4.79 Å². The standard InChI is InChI=1S/C14H17N3O2S/c1-9-12(10(2)19-16-9)14(18)17-7-4-3-5-11(17)13-15-6-8-20-13/h6,8,11H,3-5,7H2,1-2H3/t11-/m1/s1. The molecule has 3 heterocycles. The lowest BCUT2D eigenvalue weighted by Crippen LogP contribution is -2.38. The van der Waals surface area contributed by atoms with Crippen LogP contribution in [0.2, 0.25) is 0 Å². The van der Waals surface area contributed by atoms with Crippen molar-refractivity contribution in [1.82, 2.24) is 15.0 Å². The third-order valence-electron chi connectivity index (χ3n) is 3.75. The van der Waals surface area contributed by atoms with Gasteiger partial charge in [0.25, 0.3) is 5.91 Å².